The van der Waals surface area contributed by atoms with Crippen LogP contribution in [0, 0.1) is 6.92 Å². The number of hydrogen-bond acceptors (Lipinski definition) is 4. The first kappa shape index (κ1) is 12.6. The first-order chi connectivity index (χ1) is 8.24. The van der Waals surface area contributed by atoms with Gasteiger partial charge >= 0.3 is 0 Å². The van der Waals surface area contributed by atoms with Crippen LogP contribution in [-0.4, -0.2) is 29.2 Å². The first-order valence-corrected chi connectivity index (χ1v) is 6.48. The van der Waals surface area contributed by atoms with Crippen LogP contribution in [-0.2, 0) is 4.74 Å². The molecule has 94 valence electrons. The summed E-state index contributed by atoms with van der Waals surface area (Å²) in [6, 6.07) is 1.73. The van der Waals surface area contributed by atoms with E-state index in [4.69, 9.17) is 16.3 Å². The highest BCUT2D eigenvalue weighted by atomic mass is 35.5. The average Bonchev–Trinajstić information content (AvgIpc) is 2.76. The molecule has 0 aromatic carbocycles. The number of ether oxygens (including phenoxy) is 1. The Hall–Kier alpha value is -0.870. The third-order valence-corrected chi connectivity index (χ3v) is 3.06. The minimum atomic E-state index is 0.465. The molecule has 1 aliphatic rings. The summed E-state index contributed by atoms with van der Waals surface area (Å²) in [7, 11) is 0. The third kappa shape index (κ3) is 4.13. The van der Waals surface area contributed by atoms with E-state index in [1.807, 2.05) is 6.92 Å². The van der Waals surface area contributed by atoms with Crippen molar-refractivity contribution in [2.24, 2.45) is 0 Å². The topological polar surface area (TPSA) is 47.0 Å². The van der Waals surface area contributed by atoms with Gasteiger partial charge in [0.1, 0.15) is 16.8 Å². The molecule has 5 heteroatoms. The largest absolute Gasteiger partial charge is 0.376 e. The summed E-state index contributed by atoms with van der Waals surface area (Å²) in [6.07, 6.45) is 5.49. The van der Waals surface area contributed by atoms with Crippen molar-refractivity contribution >= 4 is 17.4 Å². The quantitative estimate of drug-likeness (QED) is 0.649. The molecule has 1 aromatic rings. The van der Waals surface area contributed by atoms with E-state index in [0.717, 1.165) is 12.4 Å². The lowest BCUT2D eigenvalue weighted by Crippen LogP contribution is -2.16. The molecule has 2 rings (SSSR count). The van der Waals surface area contributed by atoms with E-state index in [2.05, 4.69) is 15.3 Å². The predicted molar refractivity (Wildman–Crippen MR) is 68.5 cm³/mol. The molecule has 0 amide bonds. The summed E-state index contributed by atoms with van der Waals surface area (Å²) >= 11 is 5.84. The van der Waals surface area contributed by atoms with Gasteiger partial charge in [-0.2, -0.15) is 0 Å². The van der Waals surface area contributed by atoms with E-state index >= 15 is 0 Å². The molecular formula is C12H18ClN3O. The lowest BCUT2D eigenvalue weighted by atomic mass is 10.3. The summed E-state index contributed by atoms with van der Waals surface area (Å²) in [5, 5.41) is 3.66. The number of aryl methyl sites for hydroxylation is 1. The third-order valence-electron chi connectivity index (χ3n) is 2.87. The molecule has 0 aliphatic heterocycles. The summed E-state index contributed by atoms with van der Waals surface area (Å²) < 4.78 is 5.75. The van der Waals surface area contributed by atoms with Crippen LogP contribution in [0.15, 0.2) is 6.07 Å². The van der Waals surface area contributed by atoms with Gasteiger partial charge in [-0.1, -0.05) is 24.4 Å². The maximum Gasteiger partial charge on any atom is 0.134 e. The van der Waals surface area contributed by atoms with Gasteiger partial charge in [-0.05, 0) is 19.8 Å². The molecule has 17 heavy (non-hydrogen) atoms. The number of nitrogens with one attached hydrogen (secondary N) is 1. The number of hydrogen-bond donors (Lipinski definition) is 1. The van der Waals surface area contributed by atoms with E-state index in [1.165, 1.54) is 25.7 Å². The Morgan fingerprint density at radius 2 is 2.18 bits per heavy atom. The molecule has 1 saturated carbocycles. The minimum Gasteiger partial charge on any atom is -0.376 e. The molecule has 0 atom stereocenters. The molecule has 0 bridgehead atoms. The van der Waals surface area contributed by atoms with E-state index in [0.29, 0.717) is 23.7 Å². The molecule has 0 spiro atoms. The highest BCUT2D eigenvalue weighted by molar-refractivity contribution is 6.29. The first-order valence-electron chi connectivity index (χ1n) is 6.11. The van der Waals surface area contributed by atoms with Gasteiger partial charge in [0, 0.05) is 12.6 Å². The number of anilines is 1. The van der Waals surface area contributed by atoms with Gasteiger partial charge < -0.3 is 10.1 Å². The molecule has 0 radical (unpaired) electrons. The Morgan fingerprint density at radius 1 is 1.41 bits per heavy atom. The molecule has 1 N–H and O–H groups in total. The highest BCUT2D eigenvalue weighted by Crippen LogP contribution is 2.20. The minimum absolute atomic E-state index is 0.465. The molecule has 1 aromatic heterocycles. The monoisotopic (exact) mass is 255 g/mol. The molecule has 1 fully saturated rings. The van der Waals surface area contributed by atoms with E-state index in [9.17, 15) is 0 Å². The van der Waals surface area contributed by atoms with Crippen molar-refractivity contribution in [3.05, 3.63) is 17.0 Å². The zero-order chi connectivity index (χ0) is 12.1. The maximum absolute atomic E-state index is 5.84. The van der Waals surface area contributed by atoms with Crippen LogP contribution in [0.25, 0.3) is 0 Å². The van der Waals surface area contributed by atoms with Gasteiger partial charge in [-0.25, -0.2) is 9.97 Å². The molecule has 0 unspecified atom stereocenters. The second-order valence-electron chi connectivity index (χ2n) is 4.33. The Labute approximate surface area is 107 Å². The summed E-state index contributed by atoms with van der Waals surface area (Å²) in [5.74, 6) is 1.44. The molecule has 0 saturated heterocycles. The van der Waals surface area contributed by atoms with E-state index in [-0.39, 0.29) is 0 Å². The summed E-state index contributed by atoms with van der Waals surface area (Å²) in [6.45, 7) is 3.29. The van der Waals surface area contributed by atoms with Gasteiger partial charge in [0.2, 0.25) is 0 Å². The van der Waals surface area contributed by atoms with Crippen LogP contribution in [0.3, 0.4) is 0 Å². The van der Waals surface area contributed by atoms with Crippen LogP contribution in [0.4, 0.5) is 5.82 Å². The number of halogens is 1. The van der Waals surface area contributed by atoms with Crippen molar-refractivity contribution in [2.75, 3.05) is 18.5 Å². The second kappa shape index (κ2) is 6.17. The molecular weight excluding hydrogens is 238 g/mol. The van der Waals surface area contributed by atoms with Gasteiger partial charge in [0.05, 0.1) is 12.7 Å². The van der Waals surface area contributed by atoms with Crippen LogP contribution in [0.2, 0.25) is 5.15 Å². The standard InChI is InChI=1S/C12H18ClN3O/c1-9-15-11(13)8-12(16-9)14-6-7-17-10-4-2-3-5-10/h8,10H,2-7H2,1H3,(H,14,15,16). The van der Waals surface area contributed by atoms with Crippen molar-refractivity contribution in [1.82, 2.24) is 9.97 Å². The number of nitrogens with zero attached hydrogens (tertiary/aromatic N) is 2. The Balaban J connectivity index is 1.70. The van der Waals surface area contributed by atoms with Crippen LogP contribution in [0.1, 0.15) is 31.5 Å². The zero-order valence-corrected chi connectivity index (χ0v) is 10.8. The number of rotatable bonds is 5. The van der Waals surface area contributed by atoms with E-state index in [1.54, 1.807) is 6.07 Å². The fraction of sp³-hybridized carbons (Fsp3) is 0.667. The SMILES string of the molecule is Cc1nc(Cl)cc(NCCOC2CCCC2)n1. The summed E-state index contributed by atoms with van der Waals surface area (Å²) in [5.41, 5.74) is 0. The number of aromatic nitrogens is 2. The Bertz CT molecular complexity index is 347. The maximum atomic E-state index is 5.84. The van der Waals surface area contributed by atoms with Gasteiger partial charge in [-0.3, -0.25) is 0 Å². The van der Waals surface area contributed by atoms with Crippen molar-refractivity contribution in [1.29, 1.82) is 0 Å². The van der Waals surface area contributed by atoms with Crippen molar-refractivity contribution in [3.63, 3.8) is 0 Å². The molecule has 4 nitrogen and oxygen atoms in total. The van der Waals surface area contributed by atoms with Crippen molar-refractivity contribution in [3.8, 4) is 0 Å². The van der Waals surface area contributed by atoms with E-state index < -0.39 is 0 Å². The van der Waals surface area contributed by atoms with Crippen molar-refractivity contribution in [2.45, 2.75) is 38.7 Å². The fourth-order valence-electron chi connectivity index (χ4n) is 2.08. The summed E-state index contributed by atoms with van der Waals surface area (Å²) in [4.78, 5) is 8.25. The van der Waals surface area contributed by atoms with Gasteiger partial charge in [-0.15, -0.1) is 0 Å². The lowest BCUT2D eigenvalue weighted by molar-refractivity contribution is 0.0658. The fourth-order valence-corrected chi connectivity index (χ4v) is 2.31. The van der Waals surface area contributed by atoms with Gasteiger partial charge in [0.25, 0.3) is 0 Å². The zero-order valence-electron chi connectivity index (χ0n) is 10.1. The van der Waals surface area contributed by atoms with Crippen LogP contribution < -0.4 is 5.32 Å². The van der Waals surface area contributed by atoms with Crippen molar-refractivity contribution < 1.29 is 4.74 Å². The van der Waals surface area contributed by atoms with Gasteiger partial charge in [0.15, 0.2) is 0 Å². The molecule has 1 aliphatic carbocycles. The molecule has 1 heterocycles. The van der Waals surface area contributed by atoms with Crippen LogP contribution >= 0.6 is 11.6 Å². The Kier molecular flexibility index (Phi) is 4.57. The van der Waals surface area contributed by atoms with Crippen LogP contribution in [0.5, 0.6) is 0 Å². The Morgan fingerprint density at radius 3 is 2.88 bits per heavy atom. The average molecular weight is 256 g/mol. The lowest BCUT2D eigenvalue weighted by Gasteiger charge is -2.11. The smallest absolute Gasteiger partial charge is 0.134 e. The predicted octanol–water partition coefficient (Wildman–Crippen LogP) is 2.81. The highest BCUT2D eigenvalue weighted by Gasteiger charge is 2.14. The second-order valence-corrected chi connectivity index (χ2v) is 4.71. The normalized spacial score (nSPS) is 16.4.